The summed E-state index contributed by atoms with van der Waals surface area (Å²) < 4.78 is 45.5. The molecule has 0 saturated heterocycles. The van der Waals surface area contributed by atoms with Crippen LogP contribution in [0.2, 0.25) is 0 Å². The van der Waals surface area contributed by atoms with Gasteiger partial charge in [-0.1, -0.05) is 0 Å². The number of ether oxygens (including phenoxy) is 4. The molecule has 2 N–H and O–H groups in total. The van der Waals surface area contributed by atoms with Crippen LogP contribution < -0.4 is 29.2 Å². The van der Waals surface area contributed by atoms with Gasteiger partial charge < -0.3 is 18.9 Å². The Bertz CT molecular complexity index is 902. The standard InChI is InChI=1S/C18H22N2O7S/c1-5-27-13-6-8-14(9-7-13)28(22,23)20-19-18(21)12-10-15(24-2)17(26-4)16(11-12)25-3/h6-11,20H,5H2,1-4H3,(H,19,21). The minimum atomic E-state index is -3.96. The van der Waals surface area contributed by atoms with Crippen LogP contribution in [-0.2, 0) is 10.0 Å². The third-order valence-electron chi connectivity index (χ3n) is 3.67. The lowest BCUT2D eigenvalue weighted by Crippen LogP contribution is -2.41. The molecule has 0 aliphatic carbocycles. The number of methoxy groups -OCH3 is 3. The fraction of sp³-hybridized carbons (Fsp3) is 0.278. The van der Waals surface area contributed by atoms with Crippen LogP contribution in [0.15, 0.2) is 41.3 Å². The van der Waals surface area contributed by atoms with Crippen molar-refractivity contribution in [2.24, 2.45) is 0 Å². The third kappa shape index (κ3) is 4.84. The van der Waals surface area contributed by atoms with Crippen LogP contribution in [0.1, 0.15) is 17.3 Å². The molecule has 2 rings (SSSR count). The molecule has 0 radical (unpaired) electrons. The average Bonchev–Trinajstić information content (AvgIpc) is 2.71. The predicted octanol–water partition coefficient (Wildman–Crippen LogP) is 1.73. The number of nitrogens with one attached hydrogen (secondary N) is 2. The van der Waals surface area contributed by atoms with Crippen LogP contribution in [0.3, 0.4) is 0 Å². The van der Waals surface area contributed by atoms with Crippen molar-refractivity contribution in [3.63, 3.8) is 0 Å². The molecule has 0 heterocycles. The lowest BCUT2D eigenvalue weighted by atomic mass is 10.1. The molecule has 2 aromatic carbocycles. The molecule has 2 aromatic rings. The van der Waals surface area contributed by atoms with E-state index in [1.54, 1.807) is 0 Å². The largest absolute Gasteiger partial charge is 0.494 e. The van der Waals surface area contributed by atoms with Gasteiger partial charge in [0.05, 0.1) is 32.8 Å². The maximum Gasteiger partial charge on any atom is 0.266 e. The molecule has 0 aliphatic rings. The van der Waals surface area contributed by atoms with E-state index in [1.165, 1.54) is 57.7 Å². The van der Waals surface area contributed by atoms with E-state index in [0.717, 1.165) is 0 Å². The fourth-order valence-electron chi connectivity index (χ4n) is 2.34. The van der Waals surface area contributed by atoms with Crippen LogP contribution in [0, 0.1) is 0 Å². The second-order valence-electron chi connectivity index (χ2n) is 5.38. The second kappa shape index (κ2) is 9.29. The van der Waals surface area contributed by atoms with E-state index in [1.807, 2.05) is 11.8 Å². The van der Waals surface area contributed by atoms with Gasteiger partial charge in [-0.25, -0.2) is 8.42 Å². The van der Waals surface area contributed by atoms with Gasteiger partial charge >= 0.3 is 0 Å². The topological polar surface area (TPSA) is 112 Å². The SMILES string of the molecule is CCOc1ccc(S(=O)(=O)NNC(=O)c2cc(OC)c(OC)c(OC)c2)cc1. The molecule has 9 nitrogen and oxygen atoms in total. The highest BCUT2D eigenvalue weighted by Gasteiger charge is 2.19. The summed E-state index contributed by atoms with van der Waals surface area (Å²) in [6.07, 6.45) is 0. The minimum Gasteiger partial charge on any atom is -0.494 e. The zero-order chi connectivity index (χ0) is 20.7. The van der Waals surface area contributed by atoms with Gasteiger partial charge in [-0.2, -0.15) is 0 Å². The van der Waals surface area contributed by atoms with Crippen molar-refractivity contribution >= 4 is 15.9 Å². The first-order valence-electron chi connectivity index (χ1n) is 8.21. The number of hydrogen-bond donors (Lipinski definition) is 2. The molecule has 28 heavy (non-hydrogen) atoms. The summed E-state index contributed by atoms with van der Waals surface area (Å²) >= 11 is 0. The molecular formula is C18H22N2O7S. The number of sulfonamides is 1. The van der Waals surface area contributed by atoms with Gasteiger partial charge in [0.2, 0.25) is 5.75 Å². The van der Waals surface area contributed by atoms with Crippen LogP contribution in [0.5, 0.6) is 23.0 Å². The van der Waals surface area contributed by atoms with E-state index in [-0.39, 0.29) is 22.0 Å². The minimum absolute atomic E-state index is 0.0267. The monoisotopic (exact) mass is 410 g/mol. The Morgan fingerprint density at radius 3 is 2.00 bits per heavy atom. The summed E-state index contributed by atoms with van der Waals surface area (Å²) in [7, 11) is 0.292. The van der Waals surface area contributed by atoms with E-state index in [2.05, 4.69) is 5.43 Å². The Hall–Kier alpha value is -2.98. The summed E-state index contributed by atoms with van der Waals surface area (Å²) in [5, 5.41) is 0. The molecule has 1 amide bonds. The van der Waals surface area contributed by atoms with Gasteiger partial charge in [0.15, 0.2) is 11.5 Å². The molecule has 0 aliphatic heterocycles. The van der Waals surface area contributed by atoms with Gasteiger partial charge in [-0.15, -0.1) is 4.83 Å². The van der Waals surface area contributed by atoms with Crippen molar-refractivity contribution in [2.75, 3.05) is 27.9 Å². The summed E-state index contributed by atoms with van der Waals surface area (Å²) in [6.45, 7) is 2.29. The van der Waals surface area contributed by atoms with E-state index in [4.69, 9.17) is 18.9 Å². The highest BCUT2D eigenvalue weighted by molar-refractivity contribution is 7.89. The smallest absolute Gasteiger partial charge is 0.266 e. The Balaban J connectivity index is 2.16. The summed E-state index contributed by atoms with van der Waals surface area (Å²) in [6, 6.07) is 8.61. The van der Waals surface area contributed by atoms with Crippen molar-refractivity contribution in [3.8, 4) is 23.0 Å². The van der Waals surface area contributed by atoms with Gasteiger partial charge in [0, 0.05) is 5.56 Å². The molecular weight excluding hydrogens is 388 g/mol. The van der Waals surface area contributed by atoms with Crippen molar-refractivity contribution in [3.05, 3.63) is 42.0 Å². The lowest BCUT2D eigenvalue weighted by molar-refractivity contribution is 0.0944. The van der Waals surface area contributed by atoms with Crippen molar-refractivity contribution < 1.29 is 32.2 Å². The van der Waals surface area contributed by atoms with E-state index in [9.17, 15) is 13.2 Å². The normalized spacial score (nSPS) is 10.9. The maximum atomic E-state index is 12.4. The number of hydrazine groups is 1. The summed E-state index contributed by atoms with van der Waals surface area (Å²) in [4.78, 5) is 14.4. The number of benzene rings is 2. The molecule has 0 spiro atoms. The molecule has 152 valence electrons. The number of carbonyl (C=O) groups excluding carboxylic acids is 1. The molecule has 0 aromatic heterocycles. The molecule has 0 atom stereocenters. The highest BCUT2D eigenvalue weighted by atomic mass is 32.2. The Labute approximate surface area is 163 Å². The number of amides is 1. The van der Waals surface area contributed by atoms with Crippen molar-refractivity contribution in [1.29, 1.82) is 0 Å². The van der Waals surface area contributed by atoms with Crippen LogP contribution >= 0.6 is 0 Å². The molecule has 0 bridgehead atoms. The first-order chi connectivity index (χ1) is 13.4. The first kappa shape index (κ1) is 21.3. The predicted molar refractivity (Wildman–Crippen MR) is 101 cm³/mol. The molecule has 0 saturated carbocycles. The van der Waals surface area contributed by atoms with E-state index in [0.29, 0.717) is 18.1 Å². The molecule has 10 heteroatoms. The second-order valence-corrected chi connectivity index (χ2v) is 7.06. The van der Waals surface area contributed by atoms with Gasteiger partial charge in [-0.05, 0) is 43.3 Å². The number of hydrogen-bond acceptors (Lipinski definition) is 7. The summed E-state index contributed by atoms with van der Waals surface area (Å²) in [5.74, 6) is 0.691. The van der Waals surface area contributed by atoms with Crippen molar-refractivity contribution in [2.45, 2.75) is 11.8 Å². The number of carbonyl (C=O) groups is 1. The Kier molecular flexibility index (Phi) is 7.07. The van der Waals surface area contributed by atoms with Crippen LogP contribution in [0.4, 0.5) is 0 Å². The quantitative estimate of drug-likeness (QED) is 0.606. The van der Waals surface area contributed by atoms with Crippen molar-refractivity contribution in [1.82, 2.24) is 10.3 Å². The van der Waals surface area contributed by atoms with Crippen LogP contribution in [-0.4, -0.2) is 42.3 Å². The first-order valence-corrected chi connectivity index (χ1v) is 9.69. The van der Waals surface area contributed by atoms with Gasteiger partial charge in [0.1, 0.15) is 5.75 Å². The highest BCUT2D eigenvalue weighted by Crippen LogP contribution is 2.38. The molecule has 0 fully saturated rings. The molecule has 0 unspecified atom stereocenters. The average molecular weight is 410 g/mol. The number of rotatable bonds is 9. The maximum absolute atomic E-state index is 12.4. The van der Waals surface area contributed by atoms with Gasteiger partial charge in [-0.3, -0.25) is 10.2 Å². The van der Waals surface area contributed by atoms with E-state index < -0.39 is 15.9 Å². The lowest BCUT2D eigenvalue weighted by Gasteiger charge is -2.14. The third-order valence-corrected chi connectivity index (χ3v) is 4.93. The zero-order valence-electron chi connectivity index (χ0n) is 15.9. The summed E-state index contributed by atoms with van der Waals surface area (Å²) in [5.41, 5.74) is 2.27. The Morgan fingerprint density at radius 1 is 0.964 bits per heavy atom. The Morgan fingerprint density at radius 2 is 1.54 bits per heavy atom. The zero-order valence-corrected chi connectivity index (χ0v) is 16.8. The van der Waals surface area contributed by atoms with E-state index >= 15 is 0 Å². The van der Waals surface area contributed by atoms with Gasteiger partial charge in [0.25, 0.3) is 15.9 Å². The fourth-order valence-corrected chi connectivity index (χ4v) is 3.18. The van der Waals surface area contributed by atoms with Crippen LogP contribution in [0.25, 0.3) is 0 Å².